The van der Waals surface area contributed by atoms with Gasteiger partial charge in [0.15, 0.2) is 0 Å². The lowest BCUT2D eigenvalue weighted by molar-refractivity contribution is -0.137. The molecular formula is C13H16F3NO. The summed E-state index contributed by atoms with van der Waals surface area (Å²) in [5.41, 5.74) is -0.772. The van der Waals surface area contributed by atoms with Gasteiger partial charge >= 0.3 is 6.18 Å². The lowest BCUT2D eigenvalue weighted by atomic mass is 10.1. The lowest BCUT2D eigenvalue weighted by Crippen LogP contribution is -2.32. The second-order valence-corrected chi connectivity index (χ2v) is 4.24. The number of hydrogen-bond acceptors (Lipinski definition) is 1. The quantitative estimate of drug-likeness (QED) is 0.879. The maximum Gasteiger partial charge on any atom is 0.416 e. The maximum atomic E-state index is 12.5. The molecule has 0 aliphatic carbocycles. The van der Waals surface area contributed by atoms with Gasteiger partial charge in [-0.25, -0.2) is 0 Å². The van der Waals surface area contributed by atoms with Crippen LogP contribution < -0.4 is 5.32 Å². The molecule has 0 aromatic heterocycles. The Hall–Kier alpha value is -1.52. The van der Waals surface area contributed by atoms with Gasteiger partial charge in [-0.05, 0) is 31.5 Å². The van der Waals surface area contributed by atoms with E-state index in [1.807, 2.05) is 13.8 Å². The number of rotatable bonds is 4. The SMILES string of the molecule is CCC[C@@H](C)NC(=O)c1cccc(C(F)(F)F)c1. The molecular weight excluding hydrogens is 243 g/mol. The van der Waals surface area contributed by atoms with Gasteiger partial charge < -0.3 is 5.32 Å². The van der Waals surface area contributed by atoms with Crippen LogP contribution in [0.5, 0.6) is 0 Å². The molecule has 0 unspecified atom stereocenters. The molecule has 5 heteroatoms. The number of alkyl halides is 3. The monoisotopic (exact) mass is 259 g/mol. The van der Waals surface area contributed by atoms with Crippen LogP contribution in [0.4, 0.5) is 13.2 Å². The van der Waals surface area contributed by atoms with Crippen molar-refractivity contribution in [1.82, 2.24) is 5.32 Å². The van der Waals surface area contributed by atoms with Gasteiger partial charge in [0.25, 0.3) is 5.91 Å². The van der Waals surface area contributed by atoms with Crippen LogP contribution in [0.25, 0.3) is 0 Å². The maximum absolute atomic E-state index is 12.5. The van der Waals surface area contributed by atoms with Crippen molar-refractivity contribution < 1.29 is 18.0 Å². The standard InChI is InChI=1S/C13H16F3NO/c1-3-5-9(2)17-12(18)10-6-4-7-11(8-10)13(14,15)16/h4,6-9H,3,5H2,1-2H3,(H,17,18)/t9-/m1/s1. The second kappa shape index (κ2) is 5.89. The molecule has 1 N–H and O–H groups in total. The summed E-state index contributed by atoms with van der Waals surface area (Å²) in [7, 11) is 0. The van der Waals surface area contributed by atoms with Gasteiger partial charge in [-0.15, -0.1) is 0 Å². The summed E-state index contributed by atoms with van der Waals surface area (Å²) in [6, 6.07) is 4.39. The Morgan fingerprint density at radius 3 is 2.61 bits per heavy atom. The van der Waals surface area contributed by atoms with E-state index in [2.05, 4.69) is 5.32 Å². The number of hydrogen-bond donors (Lipinski definition) is 1. The predicted octanol–water partition coefficient (Wildman–Crippen LogP) is 3.62. The molecule has 0 radical (unpaired) electrons. The molecule has 0 heterocycles. The van der Waals surface area contributed by atoms with Crippen molar-refractivity contribution in [2.75, 3.05) is 0 Å². The molecule has 18 heavy (non-hydrogen) atoms. The fourth-order valence-corrected chi connectivity index (χ4v) is 1.65. The largest absolute Gasteiger partial charge is 0.416 e. The highest BCUT2D eigenvalue weighted by atomic mass is 19.4. The minimum atomic E-state index is -4.43. The Bertz CT molecular complexity index is 415. The number of carbonyl (C=O) groups excluding carboxylic acids is 1. The van der Waals surface area contributed by atoms with E-state index in [9.17, 15) is 18.0 Å². The Balaban J connectivity index is 2.81. The van der Waals surface area contributed by atoms with Gasteiger partial charge in [0.2, 0.25) is 0 Å². The number of nitrogens with one attached hydrogen (secondary N) is 1. The molecule has 1 rings (SSSR count). The Kier molecular flexibility index (Phi) is 4.76. The summed E-state index contributed by atoms with van der Waals surface area (Å²) in [5, 5.41) is 2.67. The van der Waals surface area contributed by atoms with Crippen molar-refractivity contribution in [3.63, 3.8) is 0 Å². The van der Waals surface area contributed by atoms with Crippen molar-refractivity contribution in [2.45, 2.75) is 38.9 Å². The number of benzene rings is 1. The van der Waals surface area contributed by atoms with E-state index in [0.29, 0.717) is 0 Å². The van der Waals surface area contributed by atoms with E-state index in [1.54, 1.807) is 0 Å². The zero-order valence-electron chi connectivity index (χ0n) is 10.3. The number of amides is 1. The normalized spacial score (nSPS) is 13.2. The van der Waals surface area contributed by atoms with Gasteiger partial charge in [0, 0.05) is 11.6 Å². The molecule has 1 aromatic rings. The van der Waals surface area contributed by atoms with E-state index in [-0.39, 0.29) is 11.6 Å². The summed E-state index contributed by atoms with van der Waals surface area (Å²) in [6.07, 6.45) is -2.72. The summed E-state index contributed by atoms with van der Waals surface area (Å²) in [5.74, 6) is -0.470. The molecule has 0 aliphatic rings. The minimum absolute atomic E-state index is 0.0350. The fraction of sp³-hybridized carbons (Fsp3) is 0.462. The molecule has 1 atom stereocenters. The van der Waals surface area contributed by atoms with Crippen LogP contribution in [-0.2, 0) is 6.18 Å². The number of carbonyl (C=O) groups is 1. The Morgan fingerprint density at radius 2 is 2.06 bits per heavy atom. The molecule has 2 nitrogen and oxygen atoms in total. The third-order valence-electron chi connectivity index (χ3n) is 2.55. The van der Waals surface area contributed by atoms with E-state index < -0.39 is 17.6 Å². The van der Waals surface area contributed by atoms with E-state index >= 15 is 0 Å². The van der Waals surface area contributed by atoms with Gasteiger partial charge in [-0.1, -0.05) is 19.4 Å². The first-order chi connectivity index (χ1) is 8.34. The Morgan fingerprint density at radius 1 is 1.39 bits per heavy atom. The molecule has 1 aromatic carbocycles. The average Bonchev–Trinajstić information content (AvgIpc) is 2.28. The highest BCUT2D eigenvalue weighted by molar-refractivity contribution is 5.94. The van der Waals surface area contributed by atoms with Crippen molar-refractivity contribution in [3.05, 3.63) is 35.4 Å². The van der Waals surface area contributed by atoms with Gasteiger partial charge in [-0.3, -0.25) is 4.79 Å². The zero-order chi connectivity index (χ0) is 13.8. The minimum Gasteiger partial charge on any atom is -0.350 e. The van der Waals surface area contributed by atoms with Crippen LogP contribution in [0.2, 0.25) is 0 Å². The Labute approximate surface area is 104 Å². The third kappa shape index (κ3) is 4.05. The first-order valence-electron chi connectivity index (χ1n) is 5.82. The molecule has 0 aliphatic heterocycles. The summed E-state index contributed by atoms with van der Waals surface area (Å²) >= 11 is 0. The van der Waals surface area contributed by atoms with Crippen molar-refractivity contribution in [3.8, 4) is 0 Å². The van der Waals surface area contributed by atoms with Crippen LogP contribution in [0.3, 0.4) is 0 Å². The number of halogens is 3. The molecule has 0 saturated carbocycles. The van der Waals surface area contributed by atoms with E-state index in [0.717, 1.165) is 25.0 Å². The van der Waals surface area contributed by atoms with Gasteiger partial charge in [0.05, 0.1) is 5.56 Å². The van der Waals surface area contributed by atoms with E-state index in [4.69, 9.17) is 0 Å². The van der Waals surface area contributed by atoms with E-state index in [1.165, 1.54) is 12.1 Å². The van der Waals surface area contributed by atoms with Gasteiger partial charge in [0.1, 0.15) is 0 Å². The van der Waals surface area contributed by atoms with Gasteiger partial charge in [-0.2, -0.15) is 13.2 Å². The van der Waals surface area contributed by atoms with Crippen LogP contribution in [0.15, 0.2) is 24.3 Å². The molecule has 0 fully saturated rings. The van der Waals surface area contributed by atoms with Crippen LogP contribution >= 0.6 is 0 Å². The van der Waals surface area contributed by atoms with Crippen LogP contribution in [0, 0.1) is 0 Å². The summed E-state index contributed by atoms with van der Waals surface area (Å²) < 4.78 is 37.4. The molecule has 1 amide bonds. The smallest absolute Gasteiger partial charge is 0.350 e. The van der Waals surface area contributed by atoms with Crippen LogP contribution in [-0.4, -0.2) is 11.9 Å². The lowest BCUT2D eigenvalue weighted by Gasteiger charge is -2.13. The molecule has 100 valence electrons. The second-order valence-electron chi connectivity index (χ2n) is 4.24. The van der Waals surface area contributed by atoms with Crippen molar-refractivity contribution in [2.24, 2.45) is 0 Å². The zero-order valence-corrected chi connectivity index (χ0v) is 10.3. The topological polar surface area (TPSA) is 29.1 Å². The summed E-state index contributed by atoms with van der Waals surface area (Å²) in [4.78, 5) is 11.7. The molecule has 0 bridgehead atoms. The molecule has 0 spiro atoms. The van der Waals surface area contributed by atoms with Crippen molar-refractivity contribution in [1.29, 1.82) is 0 Å². The van der Waals surface area contributed by atoms with Crippen LogP contribution in [0.1, 0.15) is 42.6 Å². The first-order valence-corrected chi connectivity index (χ1v) is 5.82. The first kappa shape index (κ1) is 14.5. The third-order valence-corrected chi connectivity index (χ3v) is 2.55. The molecule has 0 saturated heterocycles. The highest BCUT2D eigenvalue weighted by Gasteiger charge is 2.30. The fourth-order valence-electron chi connectivity index (χ4n) is 1.65. The summed E-state index contributed by atoms with van der Waals surface area (Å²) in [6.45, 7) is 3.81. The average molecular weight is 259 g/mol. The highest BCUT2D eigenvalue weighted by Crippen LogP contribution is 2.29. The predicted molar refractivity (Wildman–Crippen MR) is 63.3 cm³/mol. The van der Waals surface area contributed by atoms with Crippen molar-refractivity contribution >= 4 is 5.91 Å².